The Kier molecular flexibility index (Phi) is 4.34. The number of aromatic carboxylic acids is 1. The molecule has 0 amide bonds. The van der Waals surface area contributed by atoms with Gasteiger partial charge in [-0.3, -0.25) is 0 Å². The maximum absolute atomic E-state index is 11.3. The molecule has 136 valence electrons. The van der Waals surface area contributed by atoms with Crippen LogP contribution in [0.4, 0.5) is 0 Å². The molecule has 0 spiro atoms. The Morgan fingerprint density at radius 1 is 0.962 bits per heavy atom. The Balaban J connectivity index is 2.14. The van der Waals surface area contributed by atoms with E-state index < -0.39 is 5.97 Å². The summed E-state index contributed by atoms with van der Waals surface area (Å²) in [6, 6.07) is 11.6. The van der Waals surface area contributed by atoms with Gasteiger partial charge in [0.1, 0.15) is 0 Å². The molecule has 1 aliphatic carbocycles. The van der Waals surface area contributed by atoms with Crippen molar-refractivity contribution in [2.24, 2.45) is 0 Å². The topological polar surface area (TPSA) is 37.3 Å². The lowest BCUT2D eigenvalue weighted by atomic mass is 9.62. The van der Waals surface area contributed by atoms with Crippen LogP contribution >= 0.6 is 0 Å². The highest BCUT2D eigenvalue weighted by Crippen LogP contribution is 2.47. The van der Waals surface area contributed by atoms with Crippen LogP contribution in [0.2, 0.25) is 0 Å². The summed E-state index contributed by atoms with van der Waals surface area (Å²) in [4.78, 5) is 11.3. The van der Waals surface area contributed by atoms with Gasteiger partial charge in [0.05, 0.1) is 5.56 Å². The van der Waals surface area contributed by atoms with Crippen molar-refractivity contribution in [3.05, 3.63) is 76.4 Å². The molecule has 0 fully saturated rings. The van der Waals surface area contributed by atoms with Crippen molar-refractivity contribution in [3.8, 4) is 0 Å². The maximum atomic E-state index is 11.3. The number of carboxylic acids is 1. The van der Waals surface area contributed by atoms with E-state index in [0.29, 0.717) is 5.56 Å². The zero-order valence-electron chi connectivity index (χ0n) is 16.4. The van der Waals surface area contributed by atoms with Crippen molar-refractivity contribution in [2.75, 3.05) is 0 Å². The summed E-state index contributed by atoms with van der Waals surface area (Å²) in [5.41, 5.74) is 7.48. The van der Waals surface area contributed by atoms with Crippen LogP contribution in [0.5, 0.6) is 0 Å². The minimum absolute atomic E-state index is 0.135. The highest BCUT2D eigenvalue weighted by molar-refractivity contribution is 5.90. The molecule has 0 bridgehead atoms. The summed E-state index contributed by atoms with van der Waals surface area (Å²) in [5.74, 6) is -0.912. The molecule has 0 saturated heterocycles. The van der Waals surface area contributed by atoms with Gasteiger partial charge in [-0.25, -0.2) is 4.79 Å². The molecule has 1 N–H and O–H groups in total. The standard InChI is InChI=1S/C24H28O2/c1-15-12-20-21(24(5,6)11-10-23(20,3)4)14-19(15)16(2)17-8-7-9-18(13-17)22(25)26/h7-9,12-14H,2,10-11H2,1,3-6H3,(H,25,26). The molecular formula is C24H28O2. The van der Waals surface area contributed by atoms with Gasteiger partial charge in [0, 0.05) is 0 Å². The second-order valence-electron chi connectivity index (χ2n) is 8.84. The molecule has 0 atom stereocenters. The third-order valence-corrected chi connectivity index (χ3v) is 5.98. The number of carbonyl (C=O) groups is 1. The summed E-state index contributed by atoms with van der Waals surface area (Å²) in [6.45, 7) is 15.7. The third kappa shape index (κ3) is 3.09. The van der Waals surface area contributed by atoms with Gasteiger partial charge >= 0.3 is 5.97 Å². The second kappa shape index (κ2) is 6.12. The fourth-order valence-corrected chi connectivity index (χ4v) is 4.04. The molecule has 1 aliphatic rings. The molecule has 2 aromatic rings. The maximum Gasteiger partial charge on any atom is 0.335 e. The molecule has 0 aliphatic heterocycles. The van der Waals surface area contributed by atoms with Crippen molar-refractivity contribution in [3.63, 3.8) is 0 Å². The number of rotatable bonds is 3. The van der Waals surface area contributed by atoms with E-state index in [-0.39, 0.29) is 10.8 Å². The highest BCUT2D eigenvalue weighted by atomic mass is 16.4. The van der Waals surface area contributed by atoms with Gasteiger partial charge < -0.3 is 5.11 Å². The largest absolute Gasteiger partial charge is 0.478 e. The SMILES string of the molecule is C=C(c1cccc(C(=O)O)c1)c1cc2c(cc1C)C(C)(C)CCC2(C)C. The quantitative estimate of drug-likeness (QED) is 0.727. The van der Waals surface area contributed by atoms with E-state index in [4.69, 9.17) is 0 Å². The fourth-order valence-electron chi connectivity index (χ4n) is 4.04. The first-order valence-electron chi connectivity index (χ1n) is 9.21. The Morgan fingerprint density at radius 2 is 1.50 bits per heavy atom. The second-order valence-corrected chi connectivity index (χ2v) is 8.84. The third-order valence-electron chi connectivity index (χ3n) is 5.98. The smallest absolute Gasteiger partial charge is 0.335 e. The first-order valence-corrected chi connectivity index (χ1v) is 9.21. The molecule has 3 rings (SSSR count). The van der Waals surface area contributed by atoms with E-state index in [2.05, 4.69) is 53.3 Å². The van der Waals surface area contributed by atoms with Crippen LogP contribution in [0, 0.1) is 6.92 Å². The summed E-state index contributed by atoms with van der Waals surface area (Å²) in [7, 11) is 0. The normalized spacial score (nSPS) is 17.4. The van der Waals surface area contributed by atoms with E-state index in [1.807, 2.05) is 6.07 Å². The zero-order chi connectivity index (χ0) is 19.3. The molecule has 0 heterocycles. The predicted molar refractivity (Wildman–Crippen MR) is 108 cm³/mol. The number of aryl methyl sites for hydroxylation is 1. The van der Waals surface area contributed by atoms with Crippen molar-refractivity contribution < 1.29 is 9.90 Å². The zero-order valence-corrected chi connectivity index (χ0v) is 16.4. The van der Waals surface area contributed by atoms with Gasteiger partial charge in [-0.1, -0.05) is 58.5 Å². The molecule has 0 saturated carbocycles. The van der Waals surface area contributed by atoms with Gasteiger partial charge in [-0.2, -0.15) is 0 Å². The van der Waals surface area contributed by atoms with Crippen LogP contribution < -0.4 is 0 Å². The van der Waals surface area contributed by atoms with Gasteiger partial charge in [-0.15, -0.1) is 0 Å². The van der Waals surface area contributed by atoms with Crippen LogP contribution in [0.15, 0.2) is 43.0 Å². The fraction of sp³-hybridized carbons (Fsp3) is 0.375. The number of benzene rings is 2. The van der Waals surface area contributed by atoms with Crippen LogP contribution in [0.25, 0.3) is 5.57 Å². The predicted octanol–water partition coefficient (Wildman–Crippen LogP) is 6.10. The summed E-state index contributed by atoms with van der Waals surface area (Å²) in [5, 5.41) is 9.27. The first kappa shape index (κ1) is 18.4. The number of hydrogen-bond donors (Lipinski definition) is 1. The minimum Gasteiger partial charge on any atom is -0.478 e. The Hall–Kier alpha value is -2.35. The molecule has 0 radical (unpaired) electrons. The number of carboxylic acid groups (broad SMARTS) is 1. The number of fused-ring (bicyclic) bond motifs is 1. The average Bonchev–Trinajstić information content (AvgIpc) is 2.58. The monoisotopic (exact) mass is 348 g/mol. The molecule has 0 aromatic heterocycles. The molecule has 0 unspecified atom stereocenters. The number of hydrogen-bond acceptors (Lipinski definition) is 1. The summed E-state index contributed by atoms with van der Waals surface area (Å²) >= 11 is 0. The summed E-state index contributed by atoms with van der Waals surface area (Å²) < 4.78 is 0. The molecular weight excluding hydrogens is 320 g/mol. The molecule has 2 heteroatoms. The highest BCUT2D eigenvalue weighted by Gasteiger charge is 2.37. The average molecular weight is 348 g/mol. The van der Waals surface area contributed by atoms with E-state index in [9.17, 15) is 9.90 Å². The lowest BCUT2D eigenvalue weighted by Gasteiger charge is -2.42. The van der Waals surface area contributed by atoms with Crippen molar-refractivity contribution in [2.45, 2.75) is 58.3 Å². The summed E-state index contributed by atoms with van der Waals surface area (Å²) in [6.07, 6.45) is 2.35. The van der Waals surface area contributed by atoms with Crippen LogP contribution in [-0.2, 0) is 10.8 Å². The lowest BCUT2D eigenvalue weighted by Crippen LogP contribution is -2.34. The van der Waals surface area contributed by atoms with Gasteiger partial charge in [0.15, 0.2) is 0 Å². The van der Waals surface area contributed by atoms with Crippen LogP contribution in [0.3, 0.4) is 0 Å². The van der Waals surface area contributed by atoms with E-state index in [0.717, 1.165) is 23.1 Å². The first-order chi connectivity index (χ1) is 12.0. The lowest BCUT2D eigenvalue weighted by molar-refractivity contribution is 0.0697. The Labute approximate surface area is 156 Å². The molecule has 26 heavy (non-hydrogen) atoms. The van der Waals surface area contributed by atoms with Gasteiger partial charge in [0.2, 0.25) is 0 Å². The van der Waals surface area contributed by atoms with E-state index in [1.165, 1.54) is 23.1 Å². The van der Waals surface area contributed by atoms with E-state index in [1.54, 1.807) is 18.2 Å². The molecule has 2 nitrogen and oxygen atoms in total. The molecule has 2 aromatic carbocycles. The minimum atomic E-state index is -0.912. The van der Waals surface area contributed by atoms with Crippen molar-refractivity contribution in [1.29, 1.82) is 0 Å². The van der Waals surface area contributed by atoms with Crippen molar-refractivity contribution >= 4 is 11.5 Å². The van der Waals surface area contributed by atoms with Crippen LogP contribution in [-0.4, -0.2) is 11.1 Å². The van der Waals surface area contributed by atoms with Gasteiger partial charge in [0.25, 0.3) is 0 Å². The van der Waals surface area contributed by atoms with Crippen LogP contribution in [0.1, 0.15) is 78.7 Å². The van der Waals surface area contributed by atoms with E-state index >= 15 is 0 Å². The van der Waals surface area contributed by atoms with Crippen molar-refractivity contribution in [1.82, 2.24) is 0 Å². The van der Waals surface area contributed by atoms with Gasteiger partial charge in [-0.05, 0) is 76.1 Å². The Morgan fingerprint density at radius 3 is 2.08 bits per heavy atom. The Bertz CT molecular complexity index is 900.